The molecule has 2 nitrogen and oxygen atoms in total. The first-order chi connectivity index (χ1) is 7.50. The summed E-state index contributed by atoms with van der Waals surface area (Å²) in [4.78, 5) is 11.4. The highest BCUT2D eigenvalue weighted by Crippen LogP contribution is 2.10. The molecule has 86 valence electrons. The SMILES string of the molecule is C=C(C)C(=O)C[C@H](N)Cc1ccccc1F. The lowest BCUT2D eigenvalue weighted by molar-refractivity contribution is -0.115. The van der Waals surface area contributed by atoms with Crippen molar-refractivity contribution in [2.24, 2.45) is 5.73 Å². The Morgan fingerprint density at radius 1 is 1.50 bits per heavy atom. The molecule has 0 aliphatic heterocycles. The van der Waals surface area contributed by atoms with Crippen molar-refractivity contribution in [3.8, 4) is 0 Å². The van der Waals surface area contributed by atoms with E-state index < -0.39 is 0 Å². The number of carbonyl (C=O) groups is 1. The van der Waals surface area contributed by atoms with Gasteiger partial charge in [0.15, 0.2) is 5.78 Å². The van der Waals surface area contributed by atoms with Crippen LogP contribution >= 0.6 is 0 Å². The van der Waals surface area contributed by atoms with E-state index in [0.29, 0.717) is 17.6 Å². The summed E-state index contributed by atoms with van der Waals surface area (Å²) in [5, 5.41) is 0. The van der Waals surface area contributed by atoms with Crippen molar-refractivity contribution in [1.82, 2.24) is 0 Å². The topological polar surface area (TPSA) is 43.1 Å². The molecule has 0 aliphatic carbocycles. The molecule has 0 unspecified atom stereocenters. The fourth-order valence-electron chi connectivity index (χ4n) is 1.43. The normalized spacial score (nSPS) is 12.2. The number of benzene rings is 1. The van der Waals surface area contributed by atoms with Gasteiger partial charge in [-0.3, -0.25) is 4.79 Å². The van der Waals surface area contributed by atoms with E-state index in [4.69, 9.17) is 5.73 Å². The van der Waals surface area contributed by atoms with Gasteiger partial charge in [-0.1, -0.05) is 24.8 Å². The van der Waals surface area contributed by atoms with Gasteiger partial charge in [-0.05, 0) is 30.5 Å². The molecule has 0 spiro atoms. The first-order valence-corrected chi connectivity index (χ1v) is 5.18. The monoisotopic (exact) mass is 221 g/mol. The van der Waals surface area contributed by atoms with Crippen LogP contribution in [-0.2, 0) is 11.2 Å². The molecule has 2 N–H and O–H groups in total. The standard InChI is InChI=1S/C13H16FNO/c1-9(2)13(16)8-11(15)7-10-5-3-4-6-12(10)14/h3-6,11H,1,7-8,15H2,2H3/t11-/m1/s1. The first kappa shape index (κ1) is 12.6. The predicted molar refractivity (Wildman–Crippen MR) is 62.5 cm³/mol. The summed E-state index contributed by atoms with van der Waals surface area (Å²) in [5.41, 5.74) is 6.82. The predicted octanol–water partition coefficient (Wildman–Crippen LogP) is 2.23. The molecule has 0 aliphatic rings. The van der Waals surface area contributed by atoms with Gasteiger partial charge in [0.05, 0.1) is 0 Å². The van der Waals surface area contributed by atoms with E-state index in [2.05, 4.69) is 6.58 Å². The molecule has 1 atom stereocenters. The Hall–Kier alpha value is -1.48. The number of ketones is 1. The number of Topliss-reactive ketones (excluding diaryl/α,β-unsaturated/α-hetero) is 1. The third kappa shape index (κ3) is 3.59. The summed E-state index contributed by atoms with van der Waals surface area (Å²) in [6, 6.07) is 6.10. The lowest BCUT2D eigenvalue weighted by Crippen LogP contribution is -2.26. The van der Waals surface area contributed by atoms with Gasteiger partial charge in [0.2, 0.25) is 0 Å². The molecule has 0 heterocycles. The van der Waals surface area contributed by atoms with Crippen molar-refractivity contribution >= 4 is 5.78 Å². The smallest absolute Gasteiger partial charge is 0.159 e. The summed E-state index contributed by atoms with van der Waals surface area (Å²) in [6.07, 6.45) is 0.579. The highest BCUT2D eigenvalue weighted by molar-refractivity contribution is 5.94. The fourth-order valence-corrected chi connectivity index (χ4v) is 1.43. The fraction of sp³-hybridized carbons (Fsp3) is 0.308. The number of allylic oxidation sites excluding steroid dienone is 1. The van der Waals surface area contributed by atoms with E-state index in [-0.39, 0.29) is 24.1 Å². The maximum Gasteiger partial charge on any atom is 0.159 e. The molecular formula is C13H16FNO. The second-order valence-electron chi connectivity index (χ2n) is 3.96. The maximum atomic E-state index is 13.3. The molecule has 1 aromatic rings. The summed E-state index contributed by atoms with van der Waals surface area (Å²) in [6.45, 7) is 5.20. The Morgan fingerprint density at radius 3 is 2.69 bits per heavy atom. The van der Waals surface area contributed by atoms with Crippen LogP contribution in [0.1, 0.15) is 18.9 Å². The van der Waals surface area contributed by atoms with Crippen LogP contribution in [0.4, 0.5) is 4.39 Å². The number of rotatable bonds is 5. The van der Waals surface area contributed by atoms with Crippen LogP contribution in [0, 0.1) is 5.82 Å². The molecule has 0 fully saturated rings. The summed E-state index contributed by atoms with van der Waals surface area (Å²) < 4.78 is 13.3. The molecule has 0 saturated heterocycles. The summed E-state index contributed by atoms with van der Waals surface area (Å²) >= 11 is 0. The molecule has 3 heteroatoms. The van der Waals surface area contributed by atoms with Crippen LogP contribution in [0.25, 0.3) is 0 Å². The van der Waals surface area contributed by atoms with Gasteiger partial charge in [-0.15, -0.1) is 0 Å². The summed E-state index contributed by atoms with van der Waals surface area (Å²) in [5.74, 6) is -0.343. The third-order valence-corrected chi connectivity index (χ3v) is 2.36. The van der Waals surface area contributed by atoms with E-state index >= 15 is 0 Å². The Morgan fingerprint density at radius 2 is 2.12 bits per heavy atom. The average molecular weight is 221 g/mol. The van der Waals surface area contributed by atoms with E-state index in [0.717, 1.165) is 0 Å². The van der Waals surface area contributed by atoms with Crippen LogP contribution < -0.4 is 5.73 Å². The van der Waals surface area contributed by atoms with Crippen LogP contribution in [0.15, 0.2) is 36.4 Å². The lowest BCUT2D eigenvalue weighted by atomic mass is 9.99. The molecule has 0 aromatic heterocycles. The molecule has 0 amide bonds. The quantitative estimate of drug-likeness (QED) is 0.775. The Bertz CT molecular complexity index is 401. The van der Waals surface area contributed by atoms with Crippen LogP contribution in [-0.4, -0.2) is 11.8 Å². The van der Waals surface area contributed by atoms with Gasteiger partial charge in [-0.25, -0.2) is 4.39 Å². The van der Waals surface area contributed by atoms with E-state index in [1.807, 2.05) is 0 Å². The highest BCUT2D eigenvalue weighted by Gasteiger charge is 2.12. The van der Waals surface area contributed by atoms with Gasteiger partial charge in [-0.2, -0.15) is 0 Å². The Labute approximate surface area is 95.0 Å². The van der Waals surface area contributed by atoms with E-state index in [9.17, 15) is 9.18 Å². The van der Waals surface area contributed by atoms with Gasteiger partial charge in [0, 0.05) is 12.5 Å². The Kier molecular flexibility index (Phi) is 4.38. The van der Waals surface area contributed by atoms with Gasteiger partial charge >= 0.3 is 0 Å². The molecular weight excluding hydrogens is 205 g/mol. The molecule has 0 bridgehead atoms. The number of hydrogen-bond donors (Lipinski definition) is 1. The molecule has 16 heavy (non-hydrogen) atoms. The van der Waals surface area contributed by atoms with E-state index in [1.165, 1.54) is 6.07 Å². The summed E-state index contributed by atoms with van der Waals surface area (Å²) in [7, 11) is 0. The van der Waals surface area contributed by atoms with Crippen LogP contribution in [0.2, 0.25) is 0 Å². The minimum Gasteiger partial charge on any atom is -0.327 e. The van der Waals surface area contributed by atoms with Crippen molar-refractivity contribution in [2.75, 3.05) is 0 Å². The van der Waals surface area contributed by atoms with Crippen molar-refractivity contribution in [1.29, 1.82) is 0 Å². The Balaban J connectivity index is 2.58. The second kappa shape index (κ2) is 5.56. The number of nitrogens with two attached hydrogens (primary N) is 1. The van der Waals surface area contributed by atoms with Crippen molar-refractivity contribution in [3.63, 3.8) is 0 Å². The molecule has 0 saturated carbocycles. The molecule has 0 radical (unpaired) electrons. The van der Waals surface area contributed by atoms with Crippen molar-refractivity contribution in [3.05, 3.63) is 47.8 Å². The van der Waals surface area contributed by atoms with Gasteiger partial charge in [0.25, 0.3) is 0 Å². The zero-order valence-corrected chi connectivity index (χ0v) is 9.37. The molecule has 1 rings (SSSR count). The third-order valence-electron chi connectivity index (χ3n) is 2.36. The zero-order chi connectivity index (χ0) is 12.1. The van der Waals surface area contributed by atoms with Gasteiger partial charge in [0.1, 0.15) is 5.82 Å². The second-order valence-corrected chi connectivity index (χ2v) is 3.96. The van der Waals surface area contributed by atoms with Crippen molar-refractivity contribution in [2.45, 2.75) is 25.8 Å². The van der Waals surface area contributed by atoms with Crippen LogP contribution in [0.3, 0.4) is 0 Å². The highest BCUT2D eigenvalue weighted by atomic mass is 19.1. The minimum absolute atomic E-state index is 0.0659. The minimum atomic E-state index is -0.360. The average Bonchev–Trinajstić information content (AvgIpc) is 2.21. The zero-order valence-electron chi connectivity index (χ0n) is 9.37. The van der Waals surface area contributed by atoms with Crippen LogP contribution in [0.5, 0.6) is 0 Å². The number of hydrogen-bond acceptors (Lipinski definition) is 2. The molecule has 1 aromatic carbocycles. The number of halogens is 1. The van der Waals surface area contributed by atoms with E-state index in [1.54, 1.807) is 25.1 Å². The number of carbonyl (C=O) groups excluding carboxylic acids is 1. The lowest BCUT2D eigenvalue weighted by Gasteiger charge is -2.11. The maximum absolute atomic E-state index is 13.3. The largest absolute Gasteiger partial charge is 0.327 e. The first-order valence-electron chi connectivity index (χ1n) is 5.18. The van der Waals surface area contributed by atoms with Crippen molar-refractivity contribution < 1.29 is 9.18 Å². The van der Waals surface area contributed by atoms with Gasteiger partial charge < -0.3 is 5.73 Å².